The normalized spacial score (nSPS) is 21.0. The molecule has 3 heteroatoms. The molecule has 1 aliphatic heterocycles. The first-order valence-electron chi connectivity index (χ1n) is 5.83. The molecule has 1 aliphatic rings. The molecule has 0 aromatic carbocycles. The highest BCUT2D eigenvalue weighted by Gasteiger charge is 2.08. The molecule has 1 unspecified atom stereocenters. The van der Waals surface area contributed by atoms with Crippen LogP contribution in [-0.4, -0.2) is 50.8 Å². The van der Waals surface area contributed by atoms with E-state index in [1.807, 2.05) is 0 Å². The highest BCUT2D eigenvalue weighted by atomic mass is 16.5. The summed E-state index contributed by atoms with van der Waals surface area (Å²) in [4.78, 5) is 2.47. The van der Waals surface area contributed by atoms with Crippen LogP contribution in [0.4, 0.5) is 0 Å². The van der Waals surface area contributed by atoms with Gasteiger partial charge in [0.1, 0.15) is 0 Å². The summed E-state index contributed by atoms with van der Waals surface area (Å²) in [5.74, 6) is 0.805. The van der Waals surface area contributed by atoms with E-state index in [2.05, 4.69) is 24.1 Å². The summed E-state index contributed by atoms with van der Waals surface area (Å²) in [5, 5.41) is 3.50. The molecule has 1 fully saturated rings. The lowest BCUT2D eigenvalue weighted by atomic mass is 10.1. The Labute approximate surface area is 87.8 Å². The van der Waals surface area contributed by atoms with Gasteiger partial charge in [-0.25, -0.2) is 0 Å². The fourth-order valence-corrected chi connectivity index (χ4v) is 1.55. The van der Waals surface area contributed by atoms with Crippen LogP contribution >= 0.6 is 0 Å². The van der Waals surface area contributed by atoms with Gasteiger partial charge in [0.15, 0.2) is 0 Å². The van der Waals surface area contributed by atoms with Crippen molar-refractivity contribution in [3.63, 3.8) is 0 Å². The number of rotatable bonds is 6. The van der Waals surface area contributed by atoms with E-state index >= 15 is 0 Å². The summed E-state index contributed by atoms with van der Waals surface area (Å²) in [6, 6.07) is 0. The molecule has 1 atom stereocenters. The molecule has 0 spiro atoms. The standard InChI is InChI=1S/C11H24N2O/c1-3-11(2)10-12-4-5-13-6-8-14-9-7-13/h11-12H,3-10H2,1-2H3. The van der Waals surface area contributed by atoms with Gasteiger partial charge in [-0.15, -0.1) is 0 Å². The first-order valence-corrected chi connectivity index (χ1v) is 5.83. The van der Waals surface area contributed by atoms with Crippen molar-refractivity contribution >= 4 is 0 Å². The Morgan fingerprint density at radius 3 is 2.71 bits per heavy atom. The summed E-state index contributed by atoms with van der Waals surface area (Å²) in [5.41, 5.74) is 0. The predicted molar refractivity (Wildman–Crippen MR) is 59.6 cm³/mol. The molecule has 0 aromatic heterocycles. The molecule has 0 bridgehead atoms. The van der Waals surface area contributed by atoms with E-state index in [1.165, 1.54) is 13.0 Å². The van der Waals surface area contributed by atoms with Crippen molar-refractivity contribution in [1.82, 2.24) is 10.2 Å². The van der Waals surface area contributed by atoms with Gasteiger partial charge >= 0.3 is 0 Å². The number of hydrogen-bond donors (Lipinski definition) is 1. The highest BCUT2D eigenvalue weighted by molar-refractivity contribution is 4.63. The molecule has 1 saturated heterocycles. The number of hydrogen-bond acceptors (Lipinski definition) is 3. The third-order valence-corrected chi connectivity index (χ3v) is 2.90. The van der Waals surface area contributed by atoms with E-state index < -0.39 is 0 Å². The first-order chi connectivity index (χ1) is 6.83. The number of ether oxygens (including phenoxy) is 1. The van der Waals surface area contributed by atoms with Gasteiger partial charge in [0.25, 0.3) is 0 Å². The minimum atomic E-state index is 0.805. The van der Waals surface area contributed by atoms with Gasteiger partial charge in [-0.05, 0) is 12.5 Å². The van der Waals surface area contributed by atoms with Crippen LogP contribution in [0, 0.1) is 5.92 Å². The summed E-state index contributed by atoms with van der Waals surface area (Å²) in [7, 11) is 0. The molecule has 1 heterocycles. The number of morpholine rings is 1. The van der Waals surface area contributed by atoms with Crippen LogP contribution in [0.5, 0.6) is 0 Å². The maximum Gasteiger partial charge on any atom is 0.0594 e. The van der Waals surface area contributed by atoms with E-state index in [1.54, 1.807) is 0 Å². The fourth-order valence-electron chi connectivity index (χ4n) is 1.55. The maximum atomic E-state index is 5.30. The fraction of sp³-hybridized carbons (Fsp3) is 1.00. The van der Waals surface area contributed by atoms with Crippen LogP contribution in [0.1, 0.15) is 20.3 Å². The molecular formula is C11H24N2O. The molecule has 0 amide bonds. The topological polar surface area (TPSA) is 24.5 Å². The van der Waals surface area contributed by atoms with Crippen molar-refractivity contribution in [2.75, 3.05) is 45.9 Å². The van der Waals surface area contributed by atoms with E-state index in [-0.39, 0.29) is 0 Å². The average molecular weight is 200 g/mol. The van der Waals surface area contributed by atoms with Gasteiger partial charge in [-0.3, -0.25) is 4.90 Å². The number of nitrogens with one attached hydrogen (secondary N) is 1. The van der Waals surface area contributed by atoms with E-state index in [0.29, 0.717) is 0 Å². The Morgan fingerprint density at radius 1 is 1.36 bits per heavy atom. The van der Waals surface area contributed by atoms with Gasteiger partial charge in [-0.1, -0.05) is 20.3 Å². The predicted octanol–water partition coefficient (Wildman–Crippen LogP) is 0.954. The van der Waals surface area contributed by atoms with Crippen LogP contribution in [0.15, 0.2) is 0 Å². The second-order valence-corrected chi connectivity index (χ2v) is 4.17. The van der Waals surface area contributed by atoms with E-state index in [9.17, 15) is 0 Å². The molecular weight excluding hydrogens is 176 g/mol. The summed E-state index contributed by atoms with van der Waals surface area (Å²) in [6.07, 6.45) is 1.27. The molecule has 0 saturated carbocycles. The van der Waals surface area contributed by atoms with Gasteiger partial charge in [0, 0.05) is 26.2 Å². The summed E-state index contributed by atoms with van der Waals surface area (Å²) in [6.45, 7) is 12.0. The zero-order valence-electron chi connectivity index (χ0n) is 9.59. The highest BCUT2D eigenvalue weighted by Crippen LogP contribution is 1.98. The van der Waals surface area contributed by atoms with Gasteiger partial charge in [-0.2, -0.15) is 0 Å². The third-order valence-electron chi connectivity index (χ3n) is 2.90. The average Bonchev–Trinajstić information content (AvgIpc) is 2.25. The molecule has 1 rings (SSSR count). The van der Waals surface area contributed by atoms with Crippen LogP contribution in [0.25, 0.3) is 0 Å². The van der Waals surface area contributed by atoms with Crippen molar-refractivity contribution in [2.24, 2.45) is 5.92 Å². The lowest BCUT2D eigenvalue weighted by Crippen LogP contribution is -2.40. The Bertz CT molecular complexity index is 135. The van der Waals surface area contributed by atoms with Crippen LogP contribution < -0.4 is 5.32 Å². The molecule has 0 radical (unpaired) electrons. The zero-order valence-corrected chi connectivity index (χ0v) is 9.59. The monoisotopic (exact) mass is 200 g/mol. The quantitative estimate of drug-likeness (QED) is 0.646. The van der Waals surface area contributed by atoms with Gasteiger partial charge in [0.05, 0.1) is 13.2 Å². The molecule has 0 aliphatic carbocycles. The molecule has 14 heavy (non-hydrogen) atoms. The largest absolute Gasteiger partial charge is 0.379 e. The SMILES string of the molecule is CCC(C)CNCCN1CCOCC1. The van der Waals surface area contributed by atoms with Gasteiger partial charge in [0.2, 0.25) is 0 Å². The van der Waals surface area contributed by atoms with Crippen molar-refractivity contribution in [2.45, 2.75) is 20.3 Å². The zero-order chi connectivity index (χ0) is 10.2. The van der Waals surface area contributed by atoms with Crippen LogP contribution in [0.2, 0.25) is 0 Å². The van der Waals surface area contributed by atoms with Gasteiger partial charge < -0.3 is 10.1 Å². The van der Waals surface area contributed by atoms with Crippen molar-refractivity contribution in [1.29, 1.82) is 0 Å². The summed E-state index contributed by atoms with van der Waals surface area (Å²) < 4.78 is 5.30. The smallest absolute Gasteiger partial charge is 0.0594 e. The molecule has 0 aromatic rings. The van der Waals surface area contributed by atoms with E-state index in [0.717, 1.165) is 45.3 Å². The third kappa shape index (κ3) is 4.94. The van der Waals surface area contributed by atoms with Crippen molar-refractivity contribution in [3.05, 3.63) is 0 Å². The molecule has 1 N–H and O–H groups in total. The Hall–Kier alpha value is -0.120. The Kier molecular flexibility index (Phi) is 6.15. The van der Waals surface area contributed by atoms with Crippen LogP contribution in [0.3, 0.4) is 0 Å². The maximum absolute atomic E-state index is 5.30. The van der Waals surface area contributed by atoms with Crippen LogP contribution in [-0.2, 0) is 4.74 Å². The first kappa shape index (κ1) is 12.0. The number of nitrogens with zero attached hydrogens (tertiary/aromatic N) is 1. The lowest BCUT2D eigenvalue weighted by molar-refractivity contribution is 0.0383. The minimum absolute atomic E-state index is 0.805. The van der Waals surface area contributed by atoms with Crippen molar-refractivity contribution < 1.29 is 4.74 Å². The van der Waals surface area contributed by atoms with Crippen molar-refractivity contribution in [3.8, 4) is 0 Å². The second-order valence-electron chi connectivity index (χ2n) is 4.17. The molecule has 84 valence electrons. The lowest BCUT2D eigenvalue weighted by Gasteiger charge is -2.26. The Balaban J connectivity index is 1.92. The minimum Gasteiger partial charge on any atom is -0.379 e. The molecule has 3 nitrogen and oxygen atoms in total. The van der Waals surface area contributed by atoms with E-state index in [4.69, 9.17) is 4.74 Å². The summed E-state index contributed by atoms with van der Waals surface area (Å²) >= 11 is 0. The second kappa shape index (κ2) is 7.21. The Morgan fingerprint density at radius 2 is 2.07 bits per heavy atom.